The Kier molecular flexibility index (Phi) is 3.71. The molecule has 2 fully saturated rings. The predicted molar refractivity (Wildman–Crippen MR) is 80.8 cm³/mol. The summed E-state index contributed by atoms with van der Waals surface area (Å²) in [6.07, 6.45) is 4.23. The van der Waals surface area contributed by atoms with Gasteiger partial charge in [0.05, 0.1) is 7.11 Å². The van der Waals surface area contributed by atoms with Crippen molar-refractivity contribution in [3.63, 3.8) is 0 Å². The molecule has 6 heteroatoms. The number of hydrogen-bond donors (Lipinski definition) is 2. The van der Waals surface area contributed by atoms with Crippen LogP contribution in [0.5, 0.6) is 5.75 Å². The van der Waals surface area contributed by atoms with E-state index in [1.165, 1.54) is 20.0 Å². The molecule has 0 amide bonds. The molecule has 1 aromatic rings. The molecule has 0 spiro atoms. The average Bonchev–Trinajstić information content (AvgIpc) is 3.34. The summed E-state index contributed by atoms with van der Waals surface area (Å²) < 4.78 is 32.9. The lowest BCUT2D eigenvalue weighted by Gasteiger charge is -2.15. The van der Waals surface area contributed by atoms with Gasteiger partial charge in [0.2, 0.25) is 10.0 Å². The fraction of sp³-hybridized carbons (Fsp3) is 0.600. The molecule has 2 N–H and O–H groups in total. The number of hydrogen-bond acceptors (Lipinski definition) is 4. The molecule has 1 aromatic carbocycles. The van der Waals surface area contributed by atoms with Gasteiger partial charge in [0.15, 0.2) is 0 Å². The van der Waals surface area contributed by atoms with Gasteiger partial charge >= 0.3 is 0 Å². The van der Waals surface area contributed by atoms with Gasteiger partial charge in [-0.1, -0.05) is 6.07 Å². The van der Waals surface area contributed by atoms with Gasteiger partial charge in [-0.05, 0) is 50.3 Å². The molecule has 5 nitrogen and oxygen atoms in total. The van der Waals surface area contributed by atoms with Crippen molar-refractivity contribution in [2.24, 2.45) is 0 Å². The molecule has 0 aliphatic heterocycles. The van der Waals surface area contributed by atoms with Gasteiger partial charge in [0.1, 0.15) is 10.6 Å². The Morgan fingerprint density at radius 3 is 2.62 bits per heavy atom. The Bertz CT molecular complexity index is 634. The lowest BCUT2D eigenvalue weighted by Crippen LogP contribution is -2.34. The van der Waals surface area contributed by atoms with E-state index in [2.05, 4.69) is 10.0 Å². The number of rotatable bonds is 7. The van der Waals surface area contributed by atoms with E-state index < -0.39 is 10.0 Å². The van der Waals surface area contributed by atoms with Crippen LogP contribution < -0.4 is 14.8 Å². The molecule has 21 heavy (non-hydrogen) atoms. The number of sulfonamides is 1. The fourth-order valence-electron chi connectivity index (χ4n) is 2.26. The van der Waals surface area contributed by atoms with E-state index in [9.17, 15) is 8.42 Å². The Morgan fingerprint density at radius 2 is 2.05 bits per heavy atom. The third-order valence-corrected chi connectivity index (χ3v) is 5.75. The minimum Gasteiger partial charge on any atom is -0.495 e. The van der Waals surface area contributed by atoms with Gasteiger partial charge in [-0.25, -0.2) is 13.1 Å². The molecule has 0 bridgehead atoms. The fourth-order valence-corrected chi connectivity index (χ4v) is 3.88. The van der Waals surface area contributed by atoms with Crippen molar-refractivity contribution in [1.82, 2.24) is 10.0 Å². The molecule has 0 atom stereocenters. The molecule has 2 saturated carbocycles. The Labute approximate surface area is 126 Å². The monoisotopic (exact) mass is 310 g/mol. The highest BCUT2D eigenvalue weighted by Crippen LogP contribution is 2.37. The van der Waals surface area contributed by atoms with Crippen LogP contribution >= 0.6 is 0 Å². The van der Waals surface area contributed by atoms with E-state index in [-0.39, 0.29) is 10.4 Å². The first kappa shape index (κ1) is 14.8. The van der Waals surface area contributed by atoms with Gasteiger partial charge in [-0.2, -0.15) is 0 Å². The van der Waals surface area contributed by atoms with Crippen LogP contribution in [0.4, 0.5) is 0 Å². The maximum atomic E-state index is 12.4. The van der Waals surface area contributed by atoms with Crippen molar-refractivity contribution in [2.75, 3.05) is 7.11 Å². The highest BCUT2D eigenvalue weighted by atomic mass is 32.2. The van der Waals surface area contributed by atoms with E-state index in [0.717, 1.165) is 24.9 Å². The second kappa shape index (κ2) is 5.26. The SMILES string of the molecule is COc1cc(CNC2CC2)ccc1S(=O)(=O)NC1(C)CC1. The van der Waals surface area contributed by atoms with Crippen LogP contribution in [0.25, 0.3) is 0 Å². The minimum atomic E-state index is -3.53. The third kappa shape index (κ3) is 3.56. The third-order valence-electron chi connectivity index (χ3n) is 4.07. The first-order valence-electron chi connectivity index (χ1n) is 7.36. The molecule has 0 unspecified atom stereocenters. The van der Waals surface area contributed by atoms with Gasteiger partial charge in [-0.3, -0.25) is 0 Å². The predicted octanol–water partition coefficient (Wildman–Crippen LogP) is 1.78. The largest absolute Gasteiger partial charge is 0.495 e. The van der Waals surface area contributed by atoms with Crippen LogP contribution in [0.15, 0.2) is 23.1 Å². The Hall–Kier alpha value is -1.11. The van der Waals surface area contributed by atoms with Crippen LogP contribution in [-0.4, -0.2) is 27.1 Å². The first-order chi connectivity index (χ1) is 9.92. The quantitative estimate of drug-likeness (QED) is 0.805. The van der Waals surface area contributed by atoms with Crippen LogP contribution in [0, 0.1) is 0 Å². The van der Waals surface area contributed by atoms with E-state index in [0.29, 0.717) is 11.8 Å². The normalized spacial score (nSPS) is 20.3. The van der Waals surface area contributed by atoms with Crippen LogP contribution in [0.2, 0.25) is 0 Å². The number of benzene rings is 1. The molecule has 0 aromatic heterocycles. The summed E-state index contributed by atoms with van der Waals surface area (Å²) in [6, 6.07) is 5.91. The zero-order valence-corrected chi connectivity index (χ0v) is 13.3. The highest BCUT2D eigenvalue weighted by Gasteiger charge is 2.41. The Balaban J connectivity index is 1.80. The molecular formula is C15H22N2O3S. The van der Waals surface area contributed by atoms with Crippen molar-refractivity contribution in [2.45, 2.75) is 55.6 Å². The van der Waals surface area contributed by atoms with Gasteiger partial charge in [-0.15, -0.1) is 0 Å². The van der Waals surface area contributed by atoms with E-state index in [4.69, 9.17) is 4.74 Å². The zero-order valence-electron chi connectivity index (χ0n) is 12.5. The summed E-state index contributed by atoms with van der Waals surface area (Å²) in [4.78, 5) is 0.216. The molecule has 2 aliphatic carbocycles. The van der Waals surface area contributed by atoms with Gasteiger partial charge < -0.3 is 10.1 Å². The topological polar surface area (TPSA) is 67.4 Å². The summed E-state index contributed by atoms with van der Waals surface area (Å²) in [5.74, 6) is 0.404. The molecule has 116 valence electrons. The second-order valence-corrected chi connectivity index (χ2v) is 7.96. The molecule has 2 aliphatic rings. The smallest absolute Gasteiger partial charge is 0.244 e. The maximum Gasteiger partial charge on any atom is 0.244 e. The number of ether oxygens (including phenoxy) is 1. The van der Waals surface area contributed by atoms with E-state index >= 15 is 0 Å². The summed E-state index contributed by atoms with van der Waals surface area (Å²) in [6.45, 7) is 2.66. The molecule has 3 rings (SSSR count). The van der Waals surface area contributed by atoms with Crippen molar-refractivity contribution in [3.8, 4) is 5.75 Å². The summed E-state index contributed by atoms with van der Waals surface area (Å²) in [5, 5.41) is 3.41. The standard InChI is InChI=1S/C15H22N2O3S/c1-15(7-8-15)17-21(18,19)14-6-3-11(9-13(14)20-2)10-16-12-4-5-12/h3,6,9,12,16-17H,4-5,7-8,10H2,1-2H3. The van der Waals surface area contributed by atoms with E-state index in [1.807, 2.05) is 13.0 Å². The average molecular weight is 310 g/mol. The summed E-state index contributed by atoms with van der Waals surface area (Å²) >= 11 is 0. The van der Waals surface area contributed by atoms with Crippen molar-refractivity contribution >= 4 is 10.0 Å². The van der Waals surface area contributed by atoms with Crippen LogP contribution in [-0.2, 0) is 16.6 Å². The molecule has 0 heterocycles. The number of nitrogens with one attached hydrogen (secondary N) is 2. The molecule has 0 radical (unpaired) electrons. The van der Waals surface area contributed by atoms with Crippen molar-refractivity contribution < 1.29 is 13.2 Å². The Morgan fingerprint density at radius 1 is 1.33 bits per heavy atom. The zero-order chi connectivity index (χ0) is 15.1. The lowest BCUT2D eigenvalue weighted by molar-refractivity contribution is 0.401. The van der Waals surface area contributed by atoms with Crippen LogP contribution in [0.1, 0.15) is 38.2 Å². The first-order valence-corrected chi connectivity index (χ1v) is 8.84. The maximum absolute atomic E-state index is 12.4. The van der Waals surface area contributed by atoms with Crippen molar-refractivity contribution in [3.05, 3.63) is 23.8 Å². The van der Waals surface area contributed by atoms with E-state index in [1.54, 1.807) is 12.1 Å². The minimum absolute atomic E-state index is 0.216. The lowest BCUT2D eigenvalue weighted by atomic mass is 10.2. The summed E-state index contributed by atoms with van der Waals surface area (Å²) in [5.41, 5.74) is 0.756. The molecule has 0 saturated heterocycles. The van der Waals surface area contributed by atoms with Gasteiger partial charge in [0.25, 0.3) is 0 Å². The summed E-state index contributed by atoms with van der Waals surface area (Å²) in [7, 11) is -2.02. The highest BCUT2D eigenvalue weighted by molar-refractivity contribution is 7.89. The van der Waals surface area contributed by atoms with Gasteiger partial charge in [0, 0.05) is 18.1 Å². The molecular weight excluding hydrogens is 288 g/mol. The number of methoxy groups -OCH3 is 1. The van der Waals surface area contributed by atoms with Crippen molar-refractivity contribution in [1.29, 1.82) is 0 Å². The van der Waals surface area contributed by atoms with Crippen LogP contribution in [0.3, 0.4) is 0 Å². The second-order valence-electron chi connectivity index (χ2n) is 6.31.